The second kappa shape index (κ2) is 7.69. The fraction of sp³-hybridized carbons (Fsp3) is 0.130. The first-order valence-corrected chi connectivity index (χ1v) is 11.3. The van der Waals surface area contributed by atoms with E-state index in [4.69, 9.17) is 0 Å². The lowest BCUT2D eigenvalue weighted by Crippen LogP contribution is -2.14. The van der Waals surface area contributed by atoms with E-state index in [2.05, 4.69) is 4.72 Å². The summed E-state index contributed by atoms with van der Waals surface area (Å²) in [6.45, 7) is 5.61. The number of aromatic nitrogens is 1. The molecule has 9 heteroatoms. The Hall–Kier alpha value is -3.85. The molecule has 164 valence electrons. The maximum absolute atomic E-state index is 12.9. The van der Waals surface area contributed by atoms with Crippen molar-refractivity contribution < 1.29 is 18.4 Å². The Balaban J connectivity index is 1.84. The first-order chi connectivity index (χ1) is 15.1. The number of benzene rings is 3. The molecule has 32 heavy (non-hydrogen) atoms. The van der Waals surface area contributed by atoms with Crippen molar-refractivity contribution in [2.45, 2.75) is 25.7 Å². The predicted octanol–water partition coefficient (Wildman–Crippen LogP) is 4.97. The summed E-state index contributed by atoms with van der Waals surface area (Å²) in [6.07, 6.45) is 0. The van der Waals surface area contributed by atoms with Gasteiger partial charge in [0.05, 0.1) is 26.7 Å². The molecule has 0 atom stereocenters. The number of rotatable bonds is 5. The van der Waals surface area contributed by atoms with Crippen molar-refractivity contribution in [2.24, 2.45) is 0 Å². The number of anilines is 1. The summed E-state index contributed by atoms with van der Waals surface area (Å²) in [5.41, 5.74) is 3.69. The number of nitrogens with one attached hydrogen (secondary N) is 1. The van der Waals surface area contributed by atoms with Crippen molar-refractivity contribution in [1.29, 1.82) is 0 Å². The van der Waals surface area contributed by atoms with E-state index >= 15 is 0 Å². The average Bonchev–Trinajstić information content (AvgIpc) is 3.01. The van der Waals surface area contributed by atoms with Crippen molar-refractivity contribution in [2.75, 3.05) is 4.72 Å². The molecule has 0 saturated carbocycles. The molecule has 1 aromatic heterocycles. The van der Waals surface area contributed by atoms with Crippen LogP contribution in [0, 0.1) is 30.9 Å². The number of hydrogen-bond donors (Lipinski definition) is 2. The van der Waals surface area contributed by atoms with Crippen LogP contribution in [-0.2, 0) is 10.0 Å². The molecule has 0 saturated heterocycles. The number of nitro groups is 1. The van der Waals surface area contributed by atoms with Gasteiger partial charge in [0.25, 0.3) is 15.7 Å². The molecule has 0 aliphatic carbocycles. The van der Waals surface area contributed by atoms with Gasteiger partial charge in [-0.3, -0.25) is 14.8 Å². The minimum atomic E-state index is -4.09. The molecule has 4 rings (SSSR count). The van der Waals surface area contributed by atoms with Crippen LogP contribution in [0.2, 0.25) is 0 Å². The van der Waals surface area contributed by atoms with Gasteiger partial charge in [-0.1, -0.05) is 24.3 Å². The summed E-state index contributed by atoms with van der Waals surface area (Å²) in [5.74, 6) is 0.0344. The second-order valence-electron chi connectivity index (χ2n) is 7.58. The largest absolute Gasteiger partial charge is 0.505 e. The number of hydrogen-bond acceptors (Lipinski definition) is 5. The average molecular weight is 452 g/mol. The van der Waals surface area contributed by atoms with E-state index in [1.165, 1.54) is 24.3 Å². The highest BCUT2D eigenvalue weighted by molar-refractivity contribution is 7.92. The highest BCUT2D eigenvalue weighted by Gasteiger charge is 2.21. The molecule has 8 nitrogen and oxygen atoms in total. The van der Waals surface area contributed by atoms with Gasteiger partial charge < -0.3 is 9.67 Å². The number of aryl methyl sites for hydroxylation is 2. The fourth-order valence-electron chi connectivity index (χ4n) is 3.81. The van der Waals surface area contributed by atoms with Crippen LogP contribution in [0.1, 0.15) is 16.8 Å². The zero-order chi connectivity index (χ0) is 23.2. The summed E-state index contributed by atoms with van der Waals surface area (Å²) >= 11 is 0. The molecule has 0 amide bonds. The Bertz CT molecular complexity index is 1490. The first kappa shape index (κ1) is 21.4. The summed E-state index contributed by atoms with van der Waals surface area (Å²) < 4.78 is 30.2. The number of non-ortho nitro benzene ring substituents is 1. The standard InChI is InChI=1S/C23H21N3O5S/c1-14-11-17(24-32(30,31)19-8-6-7-18(13-19)26(28)29)12-22(23(14)27)25-16(3)15(2)20-9-4-5-10-21(20)25/h4-13,24,27H,1-3H3. The predicted molar refractivity (Wildman–Crippen MR) is 123 cm³/mol. The molecule has 2 N–H and O–H groups in total. The number of sulfonamides is 1. The minimum absolute atomic E-state index is 0.0344. The molecule has 3 aromatic carbocycles. The summed E-state index contributed by atoms with van der Waals surface area (Å²) in [6, 6.07) is 15.7. The Morgan fingerprint density at radius 3 is 2.44 bits per heavy atom. The Labute approximate surface area is 184 Å². The van der Waals surface area contributed by atoms with Crippen molar-refractivity contribution in [3.05, 3.63) is 87.6 Å². The van der Waals surface area contributed by atoms with Gasteiger partial charge in [-0.15, -0.1) is 0 Å². The molecule has 0 aliphatic rings. The third-order valence-corrected chi connectivity index (χ3v) is 6.92. The van der Waals surface area contributed by atoms with Crippen molar-refractivity contribution in [1.82, 2.24) is 4.57 Å². The van der Waals surface area contributed by atoms with Gasteiger partial charge in [0.1, 0.15) is 5.75 Å². The van der Waals surface area contributed by atoms with Crippen LogP contribution in [0.3, 0.4) is 0 Å². The lowest BCUT2D eigenvalue weighted by molar-refractivity contribution is -0.385. The Morgan fingerprint density at radius 2 is 1.72 bits per heavy atom. The quantitative estimate of drug-likeness (QED) is 0.253. The van der Waals surface area contributed by atoms with Gasteiger partial charge >= 0.3 is 0 Å². The van der Waals surface area contributed by atoms with Gasteiger partial charge in [0, 0.05) is 23.2 Å². The number of nitrogens with zero attached hydrogens (tertiary/aromatic N) is 2. The van der Waals surface area contributed by atoms with E-state index < -0.39 is 14.9 Å². The van der Waals surface area contributed by atoms with Crippen LogP contribution in [0.4, 0.5) is 11.4 Å². The molecule has 4 aromatic rings. The lowest BCUT2D eigenvalue weighted by Gasteiger charge is -2.16. The van der Waals surface area contributed by atoms with E-state index in [-0.39, 0.29) is 22.0 Å². The third-order valence-electron chi connectivity index (χ3n) is 5.54. The van der Waals surface area contributed by atoms with E-state index in [9.17, 15) is 23.6 Å². The molecular weight excluding hydrogens is 430 g/mol. The third kappa shape index (κ3) is 3.56. The number of aromatic hydroxyl groups is 1. The highest BCUT2D eigenvalue weighted by Crippen LogP contribution is 2.36. The van der Waals surface area contributed by atoms with E-state index in [0.29, 0.717) is 11.3 Å². The maximum Gasteiger partial charge on any atom is 0.270 e. The van der Waals surface area contributed by atoms with Crippen LogP contribution >= 0.6 is 0 Å². The minimum Gasteiger partial charge on any atom is -0.505 e. The number of phenols is 1. The number of nitro benzene ring substituents is 1. The van der Waals surface area contributed by atoms with Crippen LogP contribution in [0.25, 0.3) is 16.6 Å². The van der Waals surface area contributed by atoms with Gasteiger partial charge in [-0.2, -0.15) is 0 Å². The molecule has 0 bridgehead atoms. The SMILES string of the molecule is Cc1cc(NS(=O)(=O)c2cccc([N+](=O)[O-])c2)cc(-n2c(C)c(C)c3ccccc32)c1O. The molecular formula is C23H21N3O5S. The van der Waals surface area contributed by atoms with Crippen LogP contribution in [0.5, 0.6) is 5.75 Å². The number of phenolic OH excluding ortho intramolecular Hbond substituents is 1. The monoisotopic (exact) mass is 451 g/mol. The maximum atomic E-state index is 12.9. The van der Waals surface area contributed by atoms with E-state index in [1.807, 2.05) is 42.7 Å². The number of para-hydroxylation sites is 1. The molecule has 0 radical (unpaired) electrons. The zero-order valence-corrected chi connectivity index (χ0v) is 18.5. The van der Waals surface area contributed by atoms with Gasteiger partial charge in [-0.05, 0) is 56.2 Å². The molecule has 1 heterocycles. The van der Waals surface area contributed by atoms with Crippen molar-refractivity contribution in [3.63, 3.8) is 0 Å². The first-order valence-electron chi connectivity index (χ1n) is 9.78. The highest BCUT2D eigenvalue weighted by atomic mass is 32.2. The van der Waals surface area contributed by atoms with Crippen molar-refractivity contribution >= 4 is 32.3 Å². The lowest BCUT2D eigenvalue weighted by atomic mass is 10.1. The molecule has 0 fully saturated rings. The summed E-state index contributed by atoms with van der Waals surface area (Å²) in [7, 11) is -4.09. The molecule has 0 spiro atoms. The summed E-state index contributed by atoms with van der Waals surface area (Å²) in [4.78, 5) is 10.1. The van der Waals surface area contributed by atoms with Gasteiger partial charge in [0.2, 0.25) is 0 Å². The normalized spacial score (nSPS) is 11.6. The fourth-order valence-corrected chi connectivity index (χ4v) is 4.89. The molecule has 0 aliphatic heterocycles. The van der Waals surface area contributed by atoms with E-state index in [1.54, 1.807) is 13.0 Å². The molecule has 0 unspecified atom stereocenters. The van der Waals surface area contributed by atoms with Crippen LogP contribution in [0.15, 0.2) is 65.6 Å². The van der Waals surface area contributed by atoms with Gasteiger partial charge in [-0.25, -0.2) is 8.42 Å². The smallest absolute Gasteiger partial charge is 0.270 e. The van der Waals surface area contributed by atoms with Gasteiger partial charge in [0.15, 0.2) is 0 Å². The van der Waals surface area contributed by atoms with Crippen LogP contribution < -0.4 is 4.72 Å². The number of fused-ring (bicyclic) bond motifs is 1. The Kier molecular flexibility index (Phi) is 5.14. The summed E-state index contributed by atoms with van der Waals surface area (Å²) in [5, 5.41) is 22.9. The topological polar surface area (TPSA) is 114 Å². The zero-order valence-electron chi connectivity index (χ0n) is 17.7. The van der Waals surface area contributed by atoms with Crippen LogP contribution in [-0.4, -0.2) is 23.0 Å². The second-order valence-corrected chi connectivity index (χ2v) is 9.27. The Morgan fingerprint density at radius 1 is 1.00 bits per heavy atom. The van der Waals surface area contributed by atoms with E-state index in [0.717, 1.165) is 28.2 Å². The van der Waals surface area contributed by atoms with Crippen molar-refractivity contribution in [3.8, 4) is 11.4 Å².